The molecule has 0 spiro atoms. The number of anilines is 1. The summed E-state index contributed by atoms with van der Waals surface area (Å²) >= 11 is 0. The summed E-state index contributed by atoms with van der Waals surface area (Å²) in [6, 6.07) is 11.5. The summed E-state index contributed by atoms with van der Waals surface area (Å²) in [7, 11) is 0. The van der Waals surface area contributed by atoms with Gasteiger partial charge in [0.1, 0.15) is 11.6 Å². The number of para-hydroxylation sites is 1. The van der Waals surface area contributed by atoms with Crippen molar-refractivity contribution in [1.82, 2.24) is 15.3 Å². The van der Waals surface area contributed by atoms with Crippen molar-refractivity contribution in [2.75, 3.05) is 5.32 Å². The molecular formula is C22H20F4N4O. The minimum absolute atomic E-state index is 0.133. The number of aromatic nitrogens is 2. The molecule has 2 atom stereocenters. The molecule has 162 valence electrons. The molecule has 1 aliphatic rings. The van der Waals surface area contributed by atoms with Crippen molar-refractivity contribution >= 4 is 22.6 Å². The van der Waals surface area contributed by atoms with E-state index < -0.39 is 17.8 Å². The first-order valence-corrected chi connectivity index (χ1v) is 9.96. The van der Waals surface area contributed by atoms with Crippen LogP contribution in [0.15, 0.2) is 48.5 Å². The quantitative estimate of drug-likeness (QED) is 0.573. The van der Waals surface area contributed by atoms with E-state index in [9.17, 15) is 22.4 Å². The molecule has 0 radical (unpaired) electrons. The first kappa shape index (κ1) is 21.0. The summed E-state index contributed by atoms with van der Waals surface area (Å²) in [6.45, 7) is 0. The Morgan fingerprint density at radius 3 is 2.42 bits per heavy atom. The van der Waals surface area contributed by atoms with E-state index in [0.29, 0.717) is 17.4 Å². The third kappa shape index (κ3) is 4.92. The Kier molecular flexibility index (Phi) is 5.75. The molecule has 3 aromatic rings. The molecule has 4 rings (SSSR count). The van der Waals surface area contributed by atoms with Gasteiger partial charge in [0.05, 0.1) is 5.52 Å². The molecule has 1 heterocycles. The van der Waals surface area contributed by atoms with Gasteiger partial charge in [0.2, 0.25) is 5.82 Å². The lowest BCUT2D eigenvalue weighted by Gasteiger charge is -2.31. The van der Waals surface area contributed by atoms with Crippen LogP contribution in [0.5, 0.6) is 0 Å². The summed E-state index contributed by atoms with van der Waals surface area (Å²) in [4.78, 5) is 19.8. The van der Waals surface area contributed by atoms with Gasteiger partial charge in [0.25, 0.3) is 5.91 Å². The van der Waals surface area contributed by atoms with Crippen LogP contribution in [-0.4, -0.2) is 28.0 Å². The molecular weight excluding hydrogens is 412 g/mol. The zero-order valence-corrected chi connectivity index (χ0v) is 16.4. The molecule has 1 aromatic heterocycles. The number of amides is 1. The predicted octanol–water partition coefficient (Wildman–Crippen LogP) is 4.94. The first-order chi connectivity index (χ1) is 14.8. The summed E-state index contributed by atoms with van der Waals surface area (Å²) in [5.41, 5.74) is 0.567. The minimum Gasteiger partial charge on any atom is -0.367 e. The normalized spacial score (nSPS) is 19.2. The standard InChI is InChI=1S/C22H20F4N4O/c23-14-10-8-13(9-11-14)20(31)28-16-5-3-4-15(12-16)27-19-17-6-1-2-7-18(17)29-21(30-19)22(24,25)26/h1-2,6-11,15-16H,3-5,12H2,(H,28,31)(H,27,29,30)/t15-,16+/m0/s1. The van der Waals surface area contributed by atoms with E-state index in [4.69, 9.17) is 0 Å². The average Bonchev–Trinajstić information content (AvgIpc) is 2.74. The maximum Gasteiger partial charge on any atom is 0.451 e. The van der Waals surface area contributed by atoms with Crippen molar-refractivity contribution < 1.29 is 22.4 Å². The van der Waals surface area contributed by atoms with E-state index >= 15 is 0 Å². The lowest BCUT2D eigenvalue weighted by atomic mass is 9.90. The van der Waals surface area contributed by atoms with Crippen LogP contribution in [0, 0.1) is 5.82 Å². The van der Waals surface area contributed by atoms with Crippen LogP contribution in [0.25, 0.3) is 10.9 Å². The van der Waals surface area contributed by atoms with Crippen LogP contribution in [-0.2, 0) is 6.18 Å². The molecule has 5 nitrogen and oxygen atoms in total. The highest BCUT2D eigenvalue weighted by Crippen LogP contribution is 2.31. The highest BCUT2D eigenvalue weighted by Gasteiger charge is 2.36. The van der Waals surface area contributed by atoms with Gasteiger partial charge in [-0.1, -0.05) is 12.1 Å². The van der Waals surface area contributed by atoms with E-state index in [1.54, 1.807) is 18.2 Å². The second kappa shape index (κ2) is 8.49. The molecule has 0 saturated heterocycles. The van der Waals surface area contributed by atoms with Gasteiger partial charge in [0, 0.05) is 23.0 Å². The smallest absolute Gasteiger partial charge is 0.367 e. The topological polar surface area (TPSA) is 66.9 Å². The van der Waals surface area contributed by atoms with Gasteiger partial charge in [-0.25, -0.2) is 14.4 Å². The number of hydrogen-bond acceptors (Lipinski definition) is 4. The van der Waals surface area contributed by atoms with E-state index in [-0.39, 0.29) is 29.3 Å². The number of fused-ring (bicyclic) bond motifs is 1. The number of carbonyl (C=O) groups excluding carboxylic acids is 1. The summed E-state index contributed by atoms with van der Waals surface area (Å²) in [6.07, 6.45) is -1.83. The zero-order chi connectivity index (χ0) is 22.0. The van der Waals surface area contributed by atoms with Gasteiger partial charge in [-0.2, -0.15) is 13.2 Å². The Balaban J connectivity index is 1.50. The Labute approximate surface area is 175 Å². The largest absolute Gasteiger partial charge is 0.451 e. The number of benzene rings is 2. The number of alkyl halides is 3. The maximum absolute atomic E-state index is 13.2. The van der Waals surface area contributed by atoms with Crippen molar-refractivity contribution in [1.29, 1.82) is 0 Å². The first-order valence-electron chi connectivity index (χ1n) is 9.96. The number of nitrogens with one attached hydrogen (secondary N) is 2. The lowest BCUT2D eigenvalue weighted by molar-refractivity contribution is -0.144. The minimum atomic E-state index is -4.65. The highest BCUT2D eigenvalue weighted by molar-refractivity contribution is 5.94. The molecule has 1 saturated carbocycles. The van der Waals surface area contributed by atoms with Gasteiger partial charge in [-0.05, 0) is 62.1 Å². The van der Waals surface area contributed by atoms with Crippen LogP contribution in [0.1, 0.15) is 41.9 Å². The van der Waals surface area contributed by atoms with E-state index in [0.717, 1.165) is 19.3 Å². The fourth-order valence-electron chi connectivity index (χ4n) is 3.83. The van der Waals surface area contributed by atoms with Crippen LogP contribution >= 0.6 is 0 Å². The molecule has 2 N–H and O–H groups in total. The molecule has 0 aliphatic heterocycles. The van der Waals surface area contributed by atoms with Crippen LogP contribution < -0.4 is 10.6 Å². The van der Waals surface area contributed by atoms with Crippen LogP contribution in [0.3, 0.4) is 0 Å². The van der Waals surface area contributed by atoms with Gasteiger partial charge < -0.3 is 10.6 Å². The summed E-state index contributed by atoms with van der Waals surface area (Å²) in [5.74, 6) is -1.79. The van der Waals surface area contributed by atoms with Gasteiger partial charge >= 0.3 is 6.18 Å². The number of halogens is 4. The summed E-state index contributed by atoms with van der Waals surface area (Å²) in [5, 5.41) is 6.57. The number of hydrogen-bond donors (Lipinski definition) is 2. The second-order valence-electron chi connectivity index (χ2n) is 7.60. The van der Waals surface area contributed by atoms with Crippen molar-refractivity contribution in [2.24, 2.45) is 0 Å². The maximum atomic E-state index is 13.2. The van der Waals surface area contributed by atoms with Crippen molar-refractivity contribution in [3.8, 4) is 0 Å². The molecule has 9 heteroatoms. The fourth-order valence-corrected chi connectivity index (χ4v) is 3.83. The highest BCUT2D eigenvalue weighted by atomic mass is 19.4. The SMILES string of the molecule is O=C(N[C@@H]1CCC[C@H](Nc2nc(C(F)(F)F)nc3ccccc23)C1)c1ccc(F)cc1. The molecule has 0 unspecified atom stereocenters. The Hall–Kier alpha value is -3.23. The molecule has 31 heavy (non-hydrogen) atoms. The van der Waals surface area contributed by atoms with Crippen molar-refractivity contribution in [3.05, 3.63) is 65.7 Å². The fraction of sp³-hybridized carbons (Fsp3) is 0.318. The molecule has 0 bridgehead atoms. The molecule has 1 aliphatic carbocycles. The number of nitrogens with zero attached hydrogens (tertiary/aromatic N) is 2. The Morgan fingerprint density at radius 2 is 1.68 bits per heavy atom. The van der Waals surface area contributed by atoms with Crippen molar-refractivity contribution in [2.45, 2.75) is 43.9 Å². The Morgan fingerprint density at radius 1 is 0.968 bits per heavy atom. The predicted molar refractivity (Wildman–Crippen MR) is 108 cm³/mol. The molecule has 1 amide bonds. The third-order valence-electron chi connectivity index (χ3n) is 5.31. The molecule has 2 aromatic carbocycles. The van der Waals surface area contributed by atoms with E-state index in [1.165, 1.54) is 30.3 Å². The van der Waals surface area contributed by atoms with Crippen LogP contribution in [0.2, 0.25) is 0 Å². The average molecular weight is 432 g/mol. The van der Waals surface area contributed by atoms with Gasteiger partial charge in [0.15, 0.2) is 0 Å². The lowest BCUT2D eigenvalue weighted by Crippen LogP contribution is -2.42. The summed E-state index contributed by atoms with van der Waals surface area (Å²) < 4.78 is 52.8. The van der Waals surface area contributed by atoms with Gasteiger partial charge in [-0.15, -0.1) is 0 Å². The van der Waals surface area contributed by atoms with Crippen LogP contribution in [0.4, 0.5) is 23.4 Å². The zero-order valence-electron chi connectivity index (χ0n) is 16.4. The monoisotopic (exact) mass is 432 g/mol. The van der Waals surface area contributed by atoms with Crippen molar-refractivity contribution in [3.63, 3.8) is 0 Å². The van der Waals surface area contributed by atoms with E-state index in [2.05, 4.69) is 20.6 Å². The number of rotatable bonds is 4. The third-order valence-corrected chi connectivity index (χ3v) is 5.31. The van der Waals surface area contributed by atoms with Gasteiger partial charge in [-0.3, -0.25) is 4.79 Å². The second-order valence-corrected chi connectivity index (χ2v) is 7.60. The van der Waals surface area contributed by atoms with E-state index in [1.807, 2.05) is 0 Å². The Bertz CT molecular complexity index is 1090. The number of carbonyl (C=O) groups is 1. The molecule has 1 fully saturated rings.